The Labute approximate surface area is 153 Å². The number of thioether (sulfide) groups is 1. The molecule has 0 fully saturated rings. The monoisotopic (exact) mass is 378 g/mol. The average molecular weight is 379 g/mol. The second-order valence-electron chi connectivity index (χ2n) is 5.96. The first-order valence-electron chi connectivity index (χ1n) is 7.79. The fraction of sp³-hybridized carbons (Fsp3) is 0.278. The topological polar surface area (TPSA) is 89.3 Å². The van der Waals surface area contributed by atoms with Crippen molar-refractivity contribution in [1.29, 1.82) is 0 Å². The number of carbonyl (C=O) groups is 1. The molecule has 0 bridgehead atoms. The molecule has 7 heteroatoms. The number of hydrogen-bond donors (Lipinski definition) is 2. The molecule has 2 rings (SSSR count). The normalized spacial score (nSPS) is 12.6. The van der Waals surface area contributed by atoms with Crippen molar-refractivity contribution in [1.82, 2.24) is 5.32 Å². The fourth-order valence-corrected chi connectivity index (χ4v) is 3.75. The van der Waals surface area contributed by atoms with Crippen LogP contribution in [0, 0.1) is 13.8 Å². The molecule has 0 aliphatic rings. The van der Waals surface area contributed by atoms with Crippen LogP contribution in [-0.4, -0.2) is 20.1 Å². The lowest BCUT2D eigenvalue weighted by Crippen LogP contribution is -2.28. The van der Waals surface area contributed by atoms with E-state index in [-0.39, 0.29) is 16.8 Å². The molecule has 0 saturated carbocycles. The third-order valence-electron chi connectivity index (χ3n) is 3.78. The zero-order chi connectivity index (χ0) is 18.6. The number of primary sulfonamides is 1. The van der Waals surface area contributed by atoms with Crippen LogP contribution in [0.5, 0.6) is 0 Å². The Morgan fingerprint density at radius 3 is 2.36 bits per heavy atom. The highest BCUT2D eigenvalue weighted by molar-refractivity contribution is 8.00. The van der Waals surface area contributed by atoms with Crippen LogP contribution in [0.4, 0.5) is 0 Å². The minimum atomic E-state index is -3.71. The van der Waals surface area contributed by atoms with Crippen LogP contribution in [0.25, 0.3) is 0 Å². The number of sulfonamides is 1. The number of aryl methyl sites for hydroxylation is 2. The number of nitrogens with two attached hydrogens (primary N) is 1. The molecule has 2 aromatic carbocycles. The van der Waals surface area contributed by atoms with Gasteiger partial charge in [0.05, 0.1) is 16.7 Å². The van der Waals surface area contributed by atoms with Gasteiger partial charge in [0, 0.05) is 4.90 Å². The van der Waals surface area contributed by atoms with Crippen molar-refractivity contribution in [3.05, 3.63) is 59.2 Å². The SMILES string of the molecule is Cc1ccc(SCC(=O)N[C@@H](C)c2ccc(S(N)(=O)=O)cc2)c(C)c1. The first-order valence-corrected chi connectivity index (χ1v) is 10.3. The molecule has 0 saturated heterocycles. The van der Waals surface area contributed by atoms with Gasteiger partial charge in [-0.25, -0.2) is 13.6 Å². The van der Waals surface area contributed by atoms with Gasteiger partial charge in [0.25, 0.3) is 0 Å². The molecule has 0 heterocycles. The summed E-state index contributed by atoms with van der Waals surface area (Å²) in [5, 5.41) is 7.99. The zero-order valence-corrected chi connectivity index (χ0v) is 16.1. The van der Waals surface area contributed by atoms with Gasteiger partial charge in [-0.3, -0.25) is 4.79 Å². The van der Waals surface area contributed by atoms with Crippen LogP contribution in [0.2, 0.25) is 0 Å². The highest BCUT2D eigenvalue weighted by Crippen LogP contribution is 2.23. The Balaban J connectivity index is 1.93. The van der Waals surface area contributed by atoms with E-state index < -0.39 is 10.0 Å². The number of rotatable bonds is 6. The quantitative estimate of drug-likeness (QED) is 0.757. The third kappa shape index (κ3) is 5.59. The minimum Gasteiger partial charge on any atom is -0.349 e. The van der Waals surface area contributed by atoms with Gasteiger partial charge in [-0.1, -0.05) is 29.8 Å². The van der Waals surface area contributed by atoms with Crippen LogP contribution in [0.3, 0.4) is 0 Å². The van der Waals surface area contributed by atoms with Crippen molar-refractivity contribution < 1.29 is 13.2 Å². The van der Waals surface area contributed by atoms with Crippen LogP contribution >= 0.6 is 11.8 Å². The highest BCUT2D eigenvalue weighted by atomic mass is 32.2. The second-order valence-corrected chi connectivity index (χ2v) is 8.54. The van der Waals surface area contributed by atoms with E-state index in [0.717, 1.165) is 16.0 Å². The molecule has 0 aliphatic carbocycles. The minimum absolute atomic E-state index is 0.0557. The van der Waals surface area contributed by atoms with Gasteiger partial charge in [0.1, 0.15) is 0 Å². The number of benzene rings is 2. The Morgan fingerprint density at radius 2 is 1.80 bits per heavy atom. The van der Waals surface area contributed by atoms with Gasteiger partial charge in [0.2, 0.25) is 15.9 Å². The van der Waals surface area contributed by atoms with Crippen LogP contribution in [0.15, 0.2) is 52.3 Å². The smallest absolute Gasteiger partial charge is 0.238 e. The molecular formula is C18H22N2O3S2. The van der Waals surface area contributed by atoms with E-state index in [1.165, 1.54) is 29.5 Å². The zero-order valence-electron chi connectivity index (χ0n) is 14.4. The van der Waals surface area contributed by atoms with Gasteiger partial charge in [-0.2, -0.15) is 0 Å². The molecule has 5 nitrogen and oxygen atoms in total. The molecule has 25 heavy (non-hydrogen) atoms. The Bertz CT molecular complexity index is 862. The standard InChI is InChI=1S/C18H22N2O3S2/c1-12-4-9-17(13(2)10-12)24-11-18(21)20-14(3)15-5-7-16(8-6-15)25(19,22)23/h4-10,14H,11H2,1-3H3,(H,20,21)(H2,19,22,23)/t14-/m0/s1. The first-order chi connectivity index (χ1) is 11.7. The number of carbonyl (C=O) groups excluding carboxylic acids is 1. The second kappa shape index (κ2) is 8.03. The molecule has 0 aromatic heterocycles. The lowest BCUT2D eigenvalue weighted by molar-refractivity contribution is -0.119. The summed E-state index contributed by atoms with van der Waals surface area (Å²) in [7, 11) is -3.71. The highest BCUT2D eigenvalue weighted by Gasteiger charge is 2.12. The molecular weight excluding hydrogens is 356 g/mol. The molecule has 1 amide bonds. The average Bonchev–Trinajstić information content (AvgIpc) is 2.53. The van der Waals surface area contributed by atoms with Gasteiger partial charge < -0.3 is 5.32 Å². The maximum atomic E-state index is 12.2. The van der Waals surface area contributed by atoms with Crippen LogP contribution in [-0.2, 0) is 14.8 Å². The summed E-state index contributed by atoms with van der Waals surface area (Å²) < 4.78 is 22.5. The maximum absolute atomic E-state index is 12.2. The summed E-state index contributed by atoms with van der Waals surface area (Å²) in [6.07, 6.45) is 0. The summed E-state index contributed by atoms with van der Waals surface area (Å²) in [6.45, 7) is 5.92. The van der Waals surface area contributed by atoms with Crippen molar-refractivity contribution in [3.8, 4) is 0 Å². The molecule has 1 atom stereocenters. The number of hydrogen-bond acceptors (Lipinski definition) is 4. The van der Waals surface area contributed by atoms with E-state index in [4.69, 9.17) is 5.14 Å². The van der Waals surface area contributed by atoms with Gasteiger partial charge in [-0.15, -0.1) is 11.8 Å². The summed E-state index contributed by atoms with van der Waals surface area (Å²) >= 11 is 1.50. The van der Waals surface area contributed by atoms with Crippen LogP contribution in [0.1, 0.15) is 29.7 Å². The molecule has 3 N–H and O–H groups in total. The first kappa shape index (κ1) is 19.5. The lowest BCUT2D eigenvalue weighted by atomic mass is 10.1. The lowest BCUT2D eigenvalue weighted by Gasteiger charge is -2.15. The third-order valence-corrected chi connectivity index (χ3v) is 5.88. The van der Waals surface area contributed by atoms with Gasteiger partial charge in [-0.05, 0) is 50.1 Å². The molecule has 0 radical (unpaired) electrons. The van der Waals surface area contributed by atoms with Crippen molar-refractivity contribution in [3.63, 3.8) is 0 Å². The Hall–Kier alpha value is -1.83. The van der Waals surface area contributed by atoms with E-state index in [2.05, 4.69) is 11.4 Å². The van der Waals surface area contributed by atoms with Crippen molar-refractivity contribution in [2.45, 2.75) is 36.6 Å². The van der Waals surface area contributed by atoms with E-state index in [9.17, 15) is 13.2 Å². The Kier molecular flexibility index (Phi) is 6.26. The number of nitrogens with one attached hydrogen (secondary N) is 1. The predicted molar refractivity (Wildman–Crippen MR) is 101 cm³/mol. The molecule has 0 unspecified atom stereocenters. The molecule has 2 aromatic rings. The van der Waals surface area contributed by atoms with Gasteiger partial charge >= 0.3 is 0 Å². The van der Waals surface area contributed by atoms with E-state index >= 15 is 0 Å². The molecule has 0 spiro atoms. The van der Waals surface area contributed by atoms with Crippen molar-refractivity contribution in [2.24, 2.45) is 5.14 Å². The van der Waals surface area contributed by atoms with Gasteiger partial charge in [0.15, 0.2) is 0 Å². The van der Waals surface area contributed by atoms with E-state index in [1.807, 2.05) is 32.9 Å². The molecule has 134 valence electrons. The van der Waals surface area contributed by atoms with Crippen molar-refractivity contribution in [2.75, 3.05) is 5.75 Å². The Morgan fingerprint density at radius 1 is 1.16 bits per heavy atom. The maximum Gasteiger partial charge on any atom is 0.238 e. The summed E-state index contributed by atoms with van der Waals surface area (Å²) in [5.41, 5.74) is 3.17. The predicted octanol–water partition coefficient (Wildman–Crippen LogP) is 2.92. The fourth-order valence-electron chi connectivity index (χ4n) is 2.42. The summed E-state index contributed by atoms with van der Waals surface area (Å²) in [6, 6.07) is 12.1. The van der Waals surface area contributed by atoms with E-state index in [0.29, 0.717) is 5.75 Å². The summed E-state index contributed by atoms with van der Waals surface area (Å²) in [5.74, 6) is 0.247. The molecule has 0 aliphatic heterocycles. The number of amides is 1. The van der Waals surface area contributed by atoms with E-state index in [1.54, 1.807) is 12.1 Å². The van der Waals surface area contributed by atoms with Crippen molar-refractivity contribution >= 4 is 27.7 Å². The largest absolute Gasteiger partial charge is 0.349 e. The van der Waals surface area contributed by atoms with Crippen LogP contribution < -0.4 is 10.5 Å². The summed E-state index contributed by atoms with van der Waals surface area (Å²) in [4.78, 5) is 13.3.